The molecular formula is C5H11NO2. The Bertz CT molecular complexity index is 78.5. The average Bonchev–Trinajstić information content (AvgIpc) is 2.17. The van der Waals surface area contributed by atoms with Crippen molar-refractivity contribution in [2.24, 2.45) is 0 Å². The first-order valence-electron chi connectivity index (χ1n) is 2.90. The highest BCUT2D eigenvalue weighted by Crippen LogP contribution is 2.25. The third-order valence-electron chi connectivity index (χ3n) is 1.64. The predicted molar refractivity (Wildman–Crippen MR) is 28.3 cm³/mol. The summed E-state index contributed by atoms with van der Waals surface area (Å²) in [5.74, 6) is 0. The van der Waals surface area contributed by atoms with E-state index >= 15 is 0 Å². The highest BCUT2D eigenvalue weighted by molar-refractivity contribution is 4.77. The minimum Gasteiger partial charge on any atom is -0.374 e. The van der Waals surface area contributed by atoms with Crippen LogP contribution in [0.4, 0.5) is 0 Å². The van der Waals surface area contributed by atoms with Crippen molar-refractivity contribution in [3.8, 4) is 0 Å². The quantitative estimate of drug-likeness (QED) is 0.340. The number of rotatable bonds is 1. The Labute approximate surface area is 48.3 Å². The van der Waals surface area contributed by atoms with Gasteiger partial charge in [0.1, 0.15) is 5.72 Å². The second kappa shape index (κ2) is 2.01. The zero-order chi connectivity index (χ0) is 6.04. The normalized spacial score (nSPS) is 26.2. The molecule has 1 rings (SSSR count). The topological polar surface area (TPSA) is 52.5 Å². The second-order valence-corrected chi connectivity index (χ2v) is 2.35. The van der Waals surface area contributed by atoms with E-state index in [-0.39, 0.29) is 0 Å². The lowest BCUT2D eigenvalue weighted by Gasteiger charge is -2.18. The number of aliphatic hydroxyl groups is 1. The van der Waals surface area contributed by atoms with Gasteiger partial charge >= 0.3 is 0 Å². The Balaban J connectivity index is 2.40. The lowest BCUT2D eigenvalue weighted by molar-refractivity contribution is -0.0875. The largest absolute Gasteiger partial charge is 0.374 e. The Hall–Kier alpha value is -0.120. The van der Waals surface area contributed by atoms with Crippen LogP contribution >= 0.6 is 0 Å². The maximum atomic E-state index is 9.14. The smallest absolute Gasteiger partial charge is 0.137 e. The number of nitrogens with one attached hydrogen (secondary N) is 1. The van der Waals surface area contributed by atoms with Crippen LogP contribution in [0.5, 0.6) is 0 Å². The zero-order valence-electron chi connectivity index (χ0n) is 4.72. The summed E-state index contributed by atoms with van der Waals surface area (Å²) in [6.45, 7) is 0. The second-order valence-electron chi connectivity index (χ2n) is 2.35. The van der Waals surface area contributed by atoms with E-state index in [2.05, 4.69) is 0 Å². The Kier molecular flexibility index (Phi) is 1.51. The van der Waals surface area contributed by atoms with Gasteiger partial charge in [0, 0.05) is 0 Å². The molecule has 0 aromatic heterocycles. The van der Waals surface area contributed by atoms with E-state index in [1.54, 1.807) is 0 Å². The van der Waals surface area contributed by atoms with Crippen molar-refractivity contribution in [3.63, 3.8) is 0 Å². The summed E-state index contributed by atoms with van der Waals surface area (Å²) in [7, 11) is 0. The van der Waals surface area contributed by atoms with Gasteiger partial charge in [0.05, 0.1) is 0 Å². The van der Waals surface area contributed by atoms with E-state index in [0.717, 1.165) is 12.8 Å². The SMILES string of the molecule is ONC1(O)CCCC1. The predicted octanol–water partition coefficient (Wildman–Crippen LogP) is 0.228. The van der Waals surface area contributed by atoms with Crippen molar-refractivity contribution < 1.29 is 10.3 Å². The fourth-order valence-corrected chi connectivity index (χ4v) is 1.07. The van der Waals surface area contributed by atoms with Crippen molar-refractivity contribution in [2.45, 2.75) is 31.4 Å². The molecule has 1 aliphatic carbocycles. The molecule has 48 valence electrons. The summed E-state index contributed by atoms with van der Waals surface area (Å²) in [5.41, 5.74) is 0.938. The average molecular weight is 117 g/mol. The zero-order valence-corrected chi connectivity index (χ0v) is 4.72. The Morgan fingerprint density at radius 1 is 1.25 bits per heavy atom. The van der Waals surface area contributed by atoms with E-state index in [1.165, 1.54) is 0 Å². The molecule has 0 heterocycles. The molecule has 1 saturated carbocycles. The van der Waals surface area contributed by atoms with Crippen LogP contribution in [0.1, 0.15) is 25.7 Å². The van der Waals surface area contributed by atoms with Gasteiger partial charge in [-0.3, -0.25) is 0 Å². The van der Waals surface area contributed by atoms with Gasteiger partial charge in [-0.15, -0.1) is 0 Å². The molecule has 3 N–H and O–H groups in total. The first-order valence-corrected chi connectivity index (χ1v) is 2.90. The van der Waals surface area contributed by atoms with Gasteiger partial charge in [-0.25, -0.2) is 0 Å². The number of hydrogen-bond acceptors (Lipinski definition) is 3. The summed E-state index contributed by atoms with van der Waals surface area (Å²) in [5, 5.41) is 17.5. The standard InChI is InChI=1S/C5H11NO2/c7-5(6-8)3-1-2-4-5/h6-8H,1-4H2. The molecule has 3 heteroatoms. The first kappa shape index (κ1) is 6.01. The highest BCUT2D eigenvalue weighted by atomic mass is 16.5. The lowest BCUT2D eigenvalue weighted by Crippen LogP contribution is -2.39. The van der Waals surface area contributed by atoms with Crippen molar-refractivity contribution in [1.29, 1.82) is 0 Å². The van der Waals surface area contributed by atoms with E-state index in [4.69, 9.17) is 10.3 Å². The molecule has 1 fully saturated rings. The van der Waals surface area contributed by atoms with E-state index in [9.17, 15) is 0 Å². The van der Waals surface area contributed by atoms with Gasteiger partial charge in [0.2, 0.25) is 0 Å². The molecule has 0 unspecified atom stereocenters. The van der Waals surface area contributed by atoms with Crippen LogP contribution in [0.2, 0.25) is 0 Å². The lowest BCUT2D eigenvalue weighted by atomic mass is 10.2. The van der Waals surface area contributed by atoms with Crippen LogP contribution in [0.25, 0.3) is 0 Å². The highest BCUT2D eigenvalue weighted by Gasteiger charge is 2.29. The van der Waals surface area contributed by atoms with Crippen molar-refractivity contribution >= 4 is 0 Å². The monoisotopic (exact) mass is 117 g/mol. The molecule has 0 aromatic rings. The Morgan fingerprint density at radius 3 is 2.00 bits per heavy atom. The molecular weight excluding hydrogens is 106 g/mol. The maximum Gasteiger partial charge on any atom is 0.137 e. The van der Waals surface area contributed by atoms with Crippen LogP contribution in [0.3, 0.4) is 0 Å². The molecule has 0 aromatic carbocycles. The van der Waals surface area contributed by atoms with Crippen LogP contribution in [-0.2, 0) is 0 Å². The first-order chi connectivity index (χ1) is 3.77. The van der Waals surface area contributed by atoms with E-state index in [0.29, 0.717) is 12.8 Å². The summed E-state index contributed by atoms with van der Waals surface area (Å²) < 4.78 is 0. The summed E-state index contributed by atoms with van der Waals surface area (Å²) in [6.07, 6.45) is 3.35. The molecule has 0 bridgehead atoms. The van der Waals surface area contributed by atoms with Crippen LogP contribution in [-0.4, -0.2) is 16.0 Å². The Morgan fingerprint density at radius 2 is 1.75 bits per heavy atom. The van der Waals surface area contributed by atoms with Crippen LogP contribution < -0.4 is 5.48 Å². The number of hydrogen-bond donors (Lipinski definition) is 3. The van der Waals surface area contributed by atoms with Gasteiger partial charge in [0.15, 0.2) is 0 Å². The number of hydroxylamine groups is 1. The van der Waals surface area contributed by atoms with Crippen molar-refractivity contribution in [1.82, 2.24) is 5.48 Å². The summed E-state index contributed by atoms with van der Waals surface area (Å²) in [6, 6.07) is 0. The van der Waals surface area contributed by atoms with Crippen molar-refractivity contribution in [2.75, 3.05) is 0 Å². The van der Waals surface area contributed by atoms with E-state index in [1.807, 2.05) is 5.48 Å². The molecule has 0 spiro atoms. The van der Waals surface area contributed by atoms with E-state index < -0.39 is 5.72 Å². The molecule has 3 nitrogen and oxygen atoms in total. The molecule has 0 aliphatic heterocycles. The fraction of sp³-hybridized carbons (Fsp3) is 1.00. The summed E-state index contributed by atoms with van der Waals surface area (Å²) >= 11 is 0. The third kappa shape index (κ3) is 0.992. The van der Waals surface area contributed by atoms with Gasteiger partial charge < -0.3 is 10.3 Å². The van der Waals surface area contributed by atoms with Gasteiger partial charge in [0.25, 0.3) is 0 Å². The molecule has 0 radical (unpaired) electrons. The maximum absolute atomic E-state index is 9.14. The third-order valence-corrected chi connectivity index (χ3v) is 1.64. The van der Waals surface area contributed by atoms with Crippen LogP contribution in [0, 0.1) is 0 Å². The van der Waals surface area contributed by atoms with Gasteiger partial charge in [-0.2, -0.15) is 5.48 Å². The molecule has 0 atom stereocenters. The van der Waals surface area contributed by atoms with Crippen LogP contribution in [0.15, 0.2) is 0 Å². The molecule has 1 aliphatic rings. The molecule has 0 saturated heterocycles. The minimum absolute atomic E-state index is 0.670. The van der Waals surface area contributed by atoms with Crippen molar-refractivity contribution in [3.05, 3.63) is 0 Å². The fourth-order valence-electron chi connectivity index (χ4n) is 1.07. The van der Waals surface area contributed by atoms with Gasteiger partial charge in [-0.05, 0) is 25.7 Å². The summed E-state index contributed by atoms with van der Waals surface area (Å²) in [4.78, 5) is 0. The van der Waals surface area contributed by atoms with Gasteiger partial charge in [-0.1, -0.05) is 0 Å². The molecule has 0 amide bonds. The minimum atomic E-state index is -0.958. The molecule has 8 heavy (non-hydrogen) atoms.